The minimum atomic E-state index is -0.426. The molecule has 1 aliphatic rings. The third kappa shape index (κ3) is 3.01. The van der Waals surface area contributed by atoms with Crippen molar-refractivity contribution in [3.63, 3.8) is 0 Å². The number of morpholine rings is 1. The summed E-state index contributed by atoms with van der Waals surface area (Å²) in [5.41, 5.74) is 0.323. The van der Waals surface area contributed by atoms with Crippen LogP contribution in [0.1, 0.15) is 13.8 Å². The Hall–Kier alpha value is -1.82. The van der Waals surface area contributed by atoms with Crippen molar-refractivity contribution >= 4 is 11.7 Å². The zero-order chi connectivity index (χ0) is 14.7. The molecule has 1 saturated heterocycles. The van der Waals surface area contributed by atoms with E-state index in [1.807, 2.05) is 13.8 Å². The molecule has 0 aromatic heterocycles. The lowest BCUT2D eigenvalue weighted by molar-refractivity contribution is -0.0355. The van der Waals surface area contributed by atoms with Gasteiger partial charge in [0.25, 0.3) is 0 Å². The Labute approximate surface area is 117 Å². The van der Waals surface area contributed by atoms with Crippen molar-refractivity contribution in [2.45, 2.75) is 26.0 Å². The van der Waals surface area contributed by atoms with Crippen molar-refractivity contribution < 1.29 is 18.7 Å². The summed E-state index contributed by atoms with van der Waals surface area (Å²) >= 11 is 0. The van der Waals surface area contributed by atoms with Crippen LogP contribution in [0.5, 0.6) is 5.75 Å². The van der Waals surface area contributed by atoms with E-state index < -0.39 is 5.82 Å². The SMILES string of the molecule is COc1ccc(F)cc1NC(=O)N1CCO[C@@H](C)[C@H]1C. The average molecular weight is 282 g/mol. The number of hydrogen-bond donors (Lipinski definition) is 1. The highest BCUT2D eigenvalue weighted by Crippen LogP contribution is 2.26. The van der Waals surface area contributed by atoms with Gasteiger partial charge in [-0.15, -0.1) is 0 Å². The first-order valence-corrected chi connectivity index (χ1v) is 6.55. The highest BCUT2D eigenvalue weighted by Gasteiger charge is 2.29. The second-order valence-electron chi connectivity index (χ2n) is 4.78. The normalized spacial score (nSPS) is 22.5. The number of urea groups is 1. The van der Waals surface area contributed by atoms with Crippen molar-refractivity contribution in [1.29, 1.82) is 0 Å². The predicted octanol–water partition coefficient (Wildman–Crippen LogP) is 2.48. The van der Waals surface area contributed by atoms with E-state index in [4.69, 9.17) is 9.47 Å². The lowest BCUT2D eigenvalue weighted by atomic mass is 10.1. The number of rotatable bonds is 2. The van der Waals surface area contributed by atoms with E-state index >= 15 is 0 Å². The molecule has 0 bridgehead atoms. The topological polar surface area (TPSA) is 50.8 Å². The fourth-order valence-corrected chi connectivity index (χ4v) is 2.18. The van der Waals surface area contributed by atoms with Crippen LogP contribution in [-0.2, 0) is 4.74 Å². The maximum Gasteiger partial charge on any atom is 0.322 e. The Kier molecular flexibility index (Phi) is 4.44. The van der Waals surface area contributed by atoms with Crippen LogP contribution < -0.4 is 10.1 Å². The van der Waals surface area contributed by atoms with Gasteiger partial charge in [0.1, 0.15) is 11.6 Å². The first-order valence-electron chi connectivity index (χ1n) is 6.55. The fourth-order valence-electron chi connectivity index (χ4n) is 2.18. The number of nitrogens with one attached hydrogen (secondary N) is 1. The lowest BCUT2D eigenvalue weighted by Gasteiger charge is -2.37. The van der Waals surface area contributed by atoms with Gasteiger partial charge >= 0.3 is 6.03 Å². The van der Waals surface area contributed by atoms with Gasteiger partial charge in [0.2, 0.25) is 0 Å². The molecule has 0 spiro atoms. The number of hydrogen-bond acceptors (Lipinski definition) is 3. The fraction of sp³-hybridized carbons (Fsp3) is 0.500. The molecular weight excluding hydrogens is 263 g/mol. The monoisotopic (exact) mass is 282 g/mol. The van der Waals surface area contributed by atoms with E-state index in [1.54, 1.807) is 4.90 Å². The number of benzene rings is 1. The second kappa shape index (κ2) is 6.09. The Morgan fingerprint density at radius 3 is 2.95 bits per heavy atom. The molecule has 1 N–H and O–H groups in total. The number of amides is 2. The lowest BCUT2D eigenvalue weighted by Crippen LogP contribution is -2.52. The molecule has 6 heteroatoms. The van der Waals surface area contributed by atoms with Crippen LogP contribution in [0.3, 0.4) is 0 Å². The molecular formula is C14H19FN2O3. The highest BCUT2D eigenvalue weighted by molar-refractivity contribution is 5.91. The van der Waals surface area contributed by atoms with E-state index in [9.17, 15) is 9.18 Å². The van der Waals surface area contributed by atoms with E-state index in [-0.39, 0.29) is 18.2 Å². The minimum Gasteiger partial charge on any atom is -0.495 e. The zero-order valence-electron chi connectivity index (χ0n) is 11.9. The Morgan fingerprint density at radius 2 is 2.25 bits per heavy atom. The number of methoxy groups -OCH3 is 1. The molecule has 1 fully saturated rings. The van der Waals surface area contributed by atoms with E-state index in [1.165, 1.54) is 25.3 Å². The Balaban J connectivity index is 2.13. The molecule has 2 amide bonds. The molecule has 2 rings (SSSR count). The van der Waals surface area contributed by atoms with Gasteiger partial charge in [-0.3, -0.25) is 0 Å². The molecule has 0 radical (unpaired) electrons. The van der Waals surface area contributed by atoms with Crippen LogP contribution in [0.2, 0.25) is 0 Å². The number of ether oxygens (including phenoxy) is 2. The standard InChI is InChI=1S/C14H19FN2O3/c1-9-10(2)20-7-6-17(9)14(18)16-12-8-11(15)4-5-13(12)19-3/h4-5,8-10H,6-7H2,1-3H3,(H,16,18)/t9-,10+/m1/s1. The van der Waals surface area contributed by atoms with Gasteiger partial charge < -0.3 is 19.7 Å². The van der Waals surface area contributed by atoms with E-state index in [0.717, 1.165) is 0 Å². The molecule has 1 aliphatic heterocycles. The number of halogens is 1. The third-order valence-electron chi connectivity index (χ3n) is 3.55. The van der Waals surface area contributed by atoms with Crippen LogP contribution in [0.15, 0.2) is 18.2 Å². The van der Waals surface area contributed by atoms with E-state index in [2.05, 4.69) is 5.32 Å². The molecule has 1 aromatic carbocycles. The maximum atomic E-state index is 13.3. The van der Waals surface area contributed by atoms with Gasteiger partial charge in [-0.05, 0) is 26.0 Å². The van der Waals surface area contributed by atoms with Crippen LogP contribution in [0.25, 0.3) is 0 Å². The van der Waals surface area contributed by atoms with Crippen molar-refractivity contribution in [3.8, 4) is 5.75 Å². The van der Waals surface area contributed by atoms with Gasteiger partial charge in [0.15, 0.2) is 0 Å². The number of nitrogens with zero attached hydrogens (tertiary/aromatic N) is 1. The van der Waals surface area contributed by atoms with E-state index in [0.29, 0.717) is 24.6 Å². The summed E-state index contributed by atoms with van der Waals surface area (Å²) in [5.74, 6) is -0.00166. The van der Waals surface area contributed by atoms with Gasteiger partial charge in [-0.1, -0.05) is 0 Å². The molecule has 1 heterocycles. The van der Waals surface area contributed by atoms with Crippen molar-refractivity contribution in [3.05, 3.63) is 24.0 Å². The van der Waals surface area contributed by atoms with Crippen molar-refractivity contribution in [2.24, 2.45) is 0 Å². The summed E-state index contributed by atoms with van der Waals surface area (Å²) in [6.07, 6.45) is -0.0242. The summed E-state index contributed by atoms with van der Waals surface area (Å²) in [4.78, 5) is 14.0. The summed E-state index contributed by atoms with van der Waals surface area (Å²) in [6, 6.07) is 3.69. The maximum absolute atomic E-state index is 13.3. The molecule has 20 heavy (non-hydrogen) atoms. The molecule has 0 aliphatic carbocycles. The predicted molar refractivity (Wildman–Crippen MR) is 73.6 cm³/mol. The largest absolute Gasteiger partial charge is 0.495 e. The summed E-state index contributed by atoms with van der Waals surface area (Å²) in [6.45, 7) is 4.85. The summed E-state index contributed by atoms with van der Waals surface area (Å²) in [7, 11) is 1.47. The smallest absolute Gasteiger partial charge is 0.322 e. The minimum absolute atomic E-state index is 0.0242. The van der Waals surface area contributed by atoms with Crippen LogP contribution >= 0.6 is 0 Å². The van der Waals surface area contributed by atoms with Crippen LogP contribution in [0.4, 0.5) is 14.9 Å². The van der Waals surface area contributed by atoms with Gasteiger partial charge in [-0.2, -0.15) is 0 Å². The van der Waals surface area contributed by atoms with Gasteiger partial charge in [0, 0.05) is 12.6 Å². The summed E-state index contributed by atoms with van der Waals surface area (Å²) < 4.78 is 23.9. The molecule has 0 saturated carbocycles. The second-order valence-corrected chi connectivity index (χ2v) is 4.78. The molecule has 1 aromatic rings. The Bertz CT molecular complexity index is 495. The van der Waals surface area contributed by atoms with Gasteiger partial charge in [-0.25, -0.2) is 9.18 Å². The van der Waals surface area contributed by atoms with Crippen molar-refractivity contribution in [1.82, 2.24) is 4.90 Å². The summed E-state index contributed by atoms with van der Waals surface area (Å²) in [5, 5.41) is 2.69. The average Bonchev–Trinajstić information content (AvgIpc) is 2.42. The quantitative estimate of drug-likeness (QED) is 0.906. The zero-order valence-corrected chi connectivity index (χ0v) is 11.9. The first-order chi connectivity index (χ1) is 9.52. The van der Waals surface area contributed by atoms with Crippen LogP contribution in [0, 0.1) is 5.82 Å². The van der Waals surface area contributed by atoms with Crippen molar-refractivity contribution in [2.75, 3.05) is 25.6 Å². The molecule has 110 valence electrons. The molecule has 0 unspecified atom stereocenters. The molecule has 2 atom stereocenters. The first kappa shape index (κ1) is 14.6. The number of carbonyl (C=O) groups is 1. The van der Waals surface area contributed by atoms with Gasteiger partial charge in [0.05, 0.1) is 31.5 Å². The number of anilines is 1. The number of carbonyl (C=O) groups excluding carboxylic acids is 1. The Morgan fingerprint density at radius 1 is 1.50 bits per heavy atom. The third-order valence-corrected chi connectivity index (χ3v) is 3.55. The van der Waals surface area contributed by atoms with Crippen LogP contribution in [-0.4, -0.2) is 43.3 Å². The molecule has 5 nitrogen and oxygen atoms in total. The highest BCUT2D eigenvalue weighted by atomic mass is 19.1.